The molecule has 29 heavy (non-hydrogen) atoms. The SMILES string of the molecule is O=C(NCC1(c2cccc(Br)c2)CCOCC1)C1CC(=O)N(Cc2ccco2)C1. The lowest BCUT2D eigenvalue weighted by Crippen LogP contribution is -2.46. The van der Waals surface area contributed by atoms with E-state index in [1.165, 1.54) is 5.56 Å². The van der Waals surface area contributed by atoms with Crippen molar-refractivity contribution in [3.05, 3.63) is 58.5 Å². The second kappa shape index (κ2) is 8.71. The Morgan fingerprint density at radius 1 is 1.24 bits per heavy atom. The van der Waals surface area contributed by atoms with E-state index >= 15 is 0 Å². The van der Waals surface area contributed by atoms with Crippen molar-refractivity contribution in [2.24, 2.45) is 5.92 Å². The molecule has 2 amide bonds. The number of amides is 2. The molecular formula is C22H25BrN2O4. The number of hydrogen-bond donors (Lipinski definition) is 1. The third-order valence-corrected chi connectivity index (χ3v) is 6.49. The quantitative estimate of drug-likeness (QED) is 0.717. The summed E-state index contributed by atoms with van der Waals surface area (Å²) in [5.74, 6) is 0.350. The molecule has 6 nitrogen and oxygen atoms in total. The van der Waals surface area contributed by atoms with Gasteiger partial charge in [0.1, 0.15) is 5.76 Å². The summed E-state index contributed by atoms with van der Waals surface area (Å²) in [6.45, 7) is 2.75. The van der Waals surface area contributed by atoms with E-state index in [0.717, 1.165) is 23.1 Å². The van der Waals surface area contributed by atoms with E-state index in [1.807, 2.05) is 18.2 Å². The minimum absolute atomic E-state index is 0.00526. The van der Waals surface area contributed by atoms with Gasteiger partial charge in [-0.25, -0.2) is 0 Å². The van der Waals surface area contributed by atoms with Gasteiger partial charge in [-0.05, 0) is 42.7 Å². The van der Waals surface area contributed by atoms with Crippen LogP contribution in [0.4, 0.5) is 0 Å². The van der Waals surface area contributed by atoms with Gasteiger partial charge in [-0.1, -0.05) is 28.1 Å². The van der Waals surface area contributed by atoms with Gasteiger partial charge in [0.25, 0.3) is 0 Å². The van der Waals surface area contributed by atoms with Crippen molar-refractivity contribution in [1.29, 1.82) is 0 Å². The maximum absolute atomic E-state index is 12.9. The molecule has 1 atom stereocenters. The number of rotatable bonds is 6. The predicted molar refractivity (Wildman–Crippen MR) is 111 cm³/mol. The lowest BCUT2D eigenvalue weighted by Gasteiger charge is -2.38. The largest absolute Gasteiger partial charge is 0.467 e. The predicted octanol–water partition coefficient (Wildman–Crippen LogP) is 3.26. The summed E-state index contributed by atoms with van der Waals surface area (Å²) < 4.78 is 11.9. The highest BCUT2D eigenvalue weighted by atomic mass is 79.9. The van der Waals surface area contributed by atoms with Gasteiger partial charge in [-0.2, -0.15) is 0 Å². The van der Waals surface area contributed by atoms with Crippen LogP contribution in [0.25, 0.3) is 0 Å². The Kier molecular flexibility index (Phi) is 6.06. The van der Waals surface area contributed by atoms with Crippen molar-refractivity contribution in [2.75, 3.05) is 26.3 Å². The first-order valence-corrected chi connectivity index (χ1v) is 10.8. The van der Waals surface area contributed by atoms with Gasteiger partial charge in [-0.3, -0.25) is 9.59 Å². The Balaban J connectivity index is 1.40. The summed E-state index contributed by atoms with van der Waals surface area (Å²) in [7, 11) is 0. The fourth-order valence-electron chi connectivity index (χ4n) is 4.24. The standard InChI is InChI=1S/C22H25BrN2O4/c23-18-4-1-3-17(12-18)22(6-9-28-10-7-22)15-24-21(27)16-11-20(26)25(13-16)14-19-5-2-8-29-19/h1-5,8,12,16H,6-7,9-11,13-15H2,(H,24,27). The second-order valence-electron chi connectivity index (χ2n) is 7.88. The highest BCUT2D eigenvalue weighted by molar-refractivity contribution is 9.10. The lowest BCUT2D eigenvalue weighted by atomic mass is 9.74. The zero-order valence-electron chi connectivity index (χ0n) is 16.2. The van der Waals surface area contributed by atoms with E-state index in [9.17, 15) is 9.59 Å². The van der Waals surface area contributed by atoms with Crippen LogP contribution >= 0.6 is 15.9 Å². The Hall–Kier alpha value is -2.12. The molecule has 0 radical (unpaired) electrons. The fraction of sp³-hybridized carbons (Fsp3) is 0.455. The number of benzene rings is 1. The number of carbonyl (C=O) groups is 2. The third kappa shape index (κ3) is 4.56. The first-order valence-electron chi connectivity index (χ1n) is 9.97. The summed E-state index contributed by atoms with van der Waals surface area (Å²) >= 11 is 3.55. The van der Waals surface area contributed by atoms with Crippen LogP contribution in [0.2, 0.25) is 0 Å². The maximum atomic E-state index is 12.9. The van der Waals surface area contributed by atoms with Gasteiger partial charge in [0, 0.05) is 42.6 Å². The molecule has 154 valence electrons. The summed E-state index contributed by atoms with van der Waals surface area (Å²) in [5, 5.41) is 3.14. The first-order chi connectivity index (χ1) is 14.1. The average molecular weight is 461 g/mol. The molecule has 2 aliphatic rings. The van der Waals surface area contributed by atoms with E-state index in [-0.39, 0.29) is 29.6 Å². The number of ether oxygens (including phenoxy) is 1. The molecule has 1 aromatic heterocycles. The summed E-state index contributed by atoms with van der Waals surface area (Å²) in [6, 6.07) is 11.9. The van der Waals surface area contributed by atoms with Gasteiger partial charge < -0.3 is 19.4 Å². The minimum Gasteiger partial charge on any atom is -0.467 e. The second-order valence-corrected chi connectivity index (χ2v) is 8.79. The number of nitrogens with one attached hydrogen (secondary N) is 1. The number of furan rings is 1. The van der Waals surface area contributed by atoms with Crippen LogP contribution in [0.15, 0.2) is 51.6 Å². The van der Waals surface area contributed by atoms with Gasteiger partial charge in [-0.15, -0.1) is 0 Å². The van der Waals surface area contributed by atoms with E-state index in [4.69, 9.17) is 9.15 Å². The van der Waals surface area contributed by atoms with Gasteiger partial charge >= 0.3 is 0 Å². The molecule has 0 saturated carbocycles. The Morgan fingerprint density at radius 3 is 2.79 bits per heavy atom. The van der Waals surface area contributed by atoms with Crippen LogP contribution in [0.5, 0.6) is 0 Å². The number of halogens is 1. The van der Waals surface area contributed by atoms with Crippen molar-refractivity contribution in [2.45, 2.75) is 31.2 Å². The lowest BCUT2D eigenvalue weighted by molar-refractivity contribution is -0.129. The topological polar surface area (TPSA) is 71.8 Å². The van der Waals surface area contributed by atoms with Crippen LogP contribution in [-0.4, -0.2) is 43.0 Å². The normalized spacial score (nSPS) is 21.3. The molecule has 2 saturated heterocycles. The van der Waals surface area contributed by atoms with E-state index in [0.29, 0.717) is 32.8 Å². The van der Waals surface area contributed by atoms with Crippen LogP contribution < -0.4 is 5.32 Å². The Morgan fingerprint density at radius 2 is 2.07 bits per heavy atom. The van der Waals surface area contributed by atoms with Gasteiger partial charge in [0.05, 0.1) is 18.7 Å². The van der Waals surface area contributed by atoms with Crippen molar-refractivity contribution >= 4 is 27.7 Å². The summed E-state index contributed by atoms with van der Waals surface area (Å²) in [4.78, 5) is 26.9. The molecule has 4 rings (SSSR count). The van der Waals surface area contributed by atoms with E-state index in [2.05, 4.69) is 33.4 Å². The number of likely N-dealkylation sites (tertiary alicyclic amines) is 1. The molecule has 7 heteroatoms. The van der Waals surface area contributed by atoms with Crippen molar-refractivity contribution in [3.8, 4) is 0 Å². The average Bonchev–Trinajstić information content (AvgIpc) is 3.37. The molecule has 2 aliphatic heterocycles. The molecule has 0 bridgehead atoms. The zero-order chi connectivity index (χ0) is 20.3. The molecule has 2 aromatic rings. The number of hydrogen-bond acceptors (Lipinski definition) is 4. The maximum Gasteiger partial charge on any atom is 0.225 e. The van der Waals surface area contributed by atoms with Crippen molar-refractivity contribution in [1.82, 2.24) is 10.2 Å². The fourth-order valence-corrected chi connectivity index (χ4v) is 4.64. The zero-order valence-corrected chi connectivity index (χ0v) is 17.8. The molecule has 1 unspecified atom stereocenters. The molecular weight excluding hydrogens is 436 g/mol. The molecule has 0 aliphatic carbocycles. The van der Waals surface area contributed by atoms with Crippen LogP contribution in [-0.2, 0) is 26.3 Å². The van der Waals surface area contributed by atoms with Gasteiger partial charge in [0.2, 0.25) is 11.8 Å². The molecule has 0 spiro atoms. The van der Waals surface area contributed by atoms with E-state index in [1.54, 1.807) is 17.2 Å². The third-order valence-electron chi connectivity index (χ3n) is 6.00. The number of carbonyl (C=O) groups excluding carboxylic acids is 2. The van der Waals surface area contributed by atoms with Crippen LogP contribution in [0.1, 0.15) is 30.6 Å². The minimum atomic E-state index is -0.322. The Bertz CT molecular complexity index is 861. The van der Waals surface area contributed by atoms with Gasteiger partial charge in [0.15, 0.2) is 0 Å². The van der Waals surface area contributed by atoms with Crippen molar-refractivity contribution in [3.63, 3.8) is 0 Å². The van der Waals surface area contributed by atoms with Crippen molar-refractivity contribution < 1.29 is 18.7 Å². The highest BCUT2D eigenvalue weighted by Gasteiger charge is 2.38. The first kappa shape index (κ1) is 20.2. The van der Waals surface area contributed by atoms with Crippen LogP contribution in [0.3, 0.4) is 0 Å². The molecule has 1 aromatic carbocycles. The van der Waals surface area contributed by atoms with E-state index < -0.39 is 0 Å². The molecule has 2 fully saturated rings. The molecule has 3 heterocycles. The highest BCUT2D eigenvalue weighted by Crippen LogP contribution is 2.35. The molecule has 1 N–H and O–H groups in total. The smallest absolute Gasteiger partial charge is 0.225 e. The number of nitrogens with zero attached hydrogens (tertiary/aromatic N) is 1. The monoisotopic (exact) mass is 460 g/mol. The summed E-state index contributed by atoms with van der Waals surface area (Å²) in [6.07, 6.45) is 3.56. The summed E-state index contributed by atoms with van der Waals surface area (Å²) in [5.41, 5.74) is 1.06. The Labute approximate surface area is 178 Å². The van der Waals surface area contributed by atoms with Crippen LogP contribution in [0, 0.1) is 5.92 Å².